The lowest BCUT2D eigenvalue weighted by Crippen LogP contribution is -2.49. The zero-order valence-electron chi connectivity index (χ0n) is 19.0. The number of piperazine rings is 1. The lowest BCUT2D eigenvalue weighted by atomic mass is 10.1. The van der Waals surface area contributed by atoms with E-state index in [1.54, 1.807) is 24.0 Å². The Bertz CT molecular complexity index is 1130. The average Bonchev–Trinajstić information content (AvgIpc) is 3.28. The molecule has 2 aromatic carbocycles. The highest BCUT2D eigenvalue weighted by Gasteiger charge is 2.30. The van der Waals surface area contributed by atoms with E-state index in [0.29, 0.717) is 53.9 Å². The van der Waals surface area contributed by atoms with Crippen LogP contribution < -0.4 is 0 Å². The molecule has 1 aromatic heterocycles. The van der Waals surface area contributed by atoms with Gasteiger partial charge in [-0.25, -0.2) is 0 Å². The number of alkyl halides is 3. The van der Waals surface area contributed by atoms with Gasteiger partial charge in [0.2, 0.25) is 0 Å². The van der Waals surface area contributed by atoms with E-state index >= 15 is 0 Å². The Morgan fingerprint density at radius 3 is 2.31 bits per heavy atom. The minimum Gasteiger partial charge on any atom is -0.368 e. The standard InChI is InChI=1S/C24H24ClF3N4O2S/c1-16-22(35-30-29-16)23(33)32-12-10-31(11-13-32)14-21(18-4-8-20(25)9-5-18)34-15-17-2-6-19(7-3-17)24(26,27)28/h2-9,21H,10-15H2,1H3/t21-/m1/s1. The number of aryl methyl sites for hydroxylation is 1. The molecule has 1 atom stereocenters. The van der Waals surface area contributed by atoms with E-state index < -0.39 is 11.7 Å². The van der Waals surface area contributed by atoms with Gasteiger partial charge in [-0.2, -0.15) is 13.2 Å². The van der Waals surface area contributed by atoms with Crippen LogP contribution in [-0.4, -0.2) is 58.0 Å². The summed E-state index contributed by atoms with van der Waals surface area (Å²) in [4.78, 5) is 17.3. The second-order valence-electron chi connectivity index (χ2n) is 8.33. The summed E-state index contributed by atoms with van der Waals surface area (Å²) < 4.78 is 48.6. The van der Waals surface area contributed by atoms with Crippen LogP contribution in [0.3, 0.4) is 0 Å². The lowest BCUT2D eigenvalue weighted by molar-refractivity contribution is -0.137. The molecule has 1 fully saturated rings. The van der Waals surface area contributed by atoms with Crippen LogP contribution in [0.25, 0.3) is 0 Å². The van der Waals surface area contributed by atoms with Crippen molar-refractivity contribution in [3.8, 4) is 0 Å². The molecule has 4 rings (SSSR count). The molecular formula is C24H24ClF3N4O2S. The maximum Gasteiger partial charge on any atom is 0.416 e. The number of hydrogen-bond acceptors (Lipinski definition) is 6. The molecule has 0 saturated carbocycles. The van der Waals surface area contributed by atoms with E-state index in [1.165, 1.54) is 12.1 Å². The maximum atomic E-state index is 12.8. The Morgan fingerprint density at radius 2 is 1.74 bits per heavy atom. The lowest BCUT2D eigenvalue weighted by Gasteiger charge is -2.36. The molecule has 1 saturated heterocycles. The van der Waals surface area contributed by atoms with Gasteiger partial charge in [-0.1, -0.05) is 40.4 Å². The van der Waals surface area contributed by atoms with Crippen LogP contribution in [0, 0.1) is 6.92 Å². The van der Waals surface area contributed by atoms with E-state index in [9.17, 15) is 18.0 Å². The fourth-order valence-electron chi connectivity index (χ4n) is 3.86. The summed E-state index contributed by atoms with van der Waals surface area (Å²) in [6.45, 7) is 5.00. The van der Waals surface area contributed by atoms with E-state index in [1.807, 2.05) is 12.1 Å². The number of aromatic nitrogens is 2. The summed E-state index contributed by atoms with van der Waals surface area (Å²) in [5.41, 5.74) is 1.53. The van der Waals surface area contributed by atoms with Gasteiger partial charge in [0.1, 0.15) is 4.88 Å². The minimum absolute atomic E-state index is 0.0510. The van der Waals surface area contributed by atoms with Gasteiger partial charge < -0.3 is 9.64 Å². The van der Waals surface area contributed by atoms with E-state index in [-0.39, 0.29) is 18.6 Å². The summed E-state index contributed by atoms with van der Waals surface area (Å²) in [6, 6.07) is 12.3. The van der Waals surface area contributed by atoms with Crippen molar-refractivity contribution in [1.29, 1.82) is 0 Å². The average molecular weight is 525 g/mol. The number of rotatable bonds is 7. The predicted octanol–water partition coefficient (Wildman–Crippen LogP) is 5.23. The molecule has 1 aliphatic heterocycles. The molecule has 0 N–H and O–H groups in total. The van der Waals surface area contributed by atoms with Gasteiger partial charge in [0.25, 0.3) is 5.91 Å². The maximum absolute atomic E-state index is 12.8. The van der Waals surface area contributed by atoms with Gasteiger partial charge >= 0.3 is 6.18 Å². The number of carbonyl (C=O) groups is 1. The highest BCUT2D eigenvalue weighted by Crippen LogP contribution is 2.30. The summed E-state index contributed by atoms with van der Waals surface area (Å²) in [7, 11) is 0. The van der Waals surface area contributed by atoms with Crippen molar-refractivity contribution in [3.05, 3.63) is 80.8 Å². The zero-order valence-corrected chi connectivity index (χ0v) is 20.5. The van der Waals surface area contributed by atoms with Crippen molar-refractivity contribution in [3.63, 3.8) is 0 Å². The van der Waals surface area contributed by atoms with Crippen LogP contribution >= 0.6 is 23.1 Å². The van der Waals surface area contributed by atoms with E-state index in [4.69, 9.17) is 16.3 Å². The number of halogens is 4. The number of hydrogen-bond donors (Lipinski definition) is 0. The largest absolute Gasteiger partial charge is 0.416 e. The fourth-order valence-corrected chi connectivity index (χ4v) is 4.61. The van der Waals surface area contributed by atoms with Gasteiger partial charge in [-0.15, -0.1) is 5.10 Å². The first-order chi connectivity index (χ1) is 16.7. The van der Waals surface area contributed by atoms with Crippen LogP contribution in [0.5, 0.6) is 0 Å². The zero-order chi connectivity index (χ0) is 25.0. The Labute approximate surface area is 210 Å². The Morgan fingerprint density at radius 1 is 1.09 bits per heavy atom. The van der Waals surface area contributed by atoms with Gasteiger partial charge in [0.05, 0.1) is 24.0 Å². The second kappa shape index (κ2) is 11.0. The van der Waals surface area contributed by atoms with Crippen molar-refractivity contribution in [2.24, 2.45) is 0 Å². The second-order valence-corrected chi connectivity index (χ2v) is 9.52. The quantitative estimate of drug-likeness (QED) is 0.423. The third-order valence-corrected chi connectivity index (χ3v) is 6.97. The number of carbonyl (C=O) groups excluding carboxylic acids is 1. The smallest absolute Gasteiger partial charge is 0.368 e. The van der Waals surface area contributed by atoms with Crippen molar-refractivity contribution >= 4 is 29.0 Å². The van der Waals surface area contributed by atoms with Crippen molar-refractivity contribution in [1.82, 2.24) is 19.4 Å². The molecule has 0 aliphatic carbocycles. The number of nitrogens with zero attached hydrogens (tertiary/aromatic N) is 4. The molecule has 1 amide bonds. The molecule has 1 aliphatic rings. The number of amides is 1. The van der Waals surface area contributed by atoms with Crippen molar-refractivity contribution < 1.29 is 22.7 Å². The van der Waals surface area contributed by atoms with Gasteiger partial charge in [0.15, 0.2) is 0 Å². The van der Waals surface area contributed by atoms with Gasteiger partial charge in [-0.3, -0.25) is 9.69 Å². The summed E-state index contributed by atoms with van der Waals surface area (Å²) in [5.74, 6) is -0.0510. The van der Waals surface area contributed by atoms with Gasteiger partial charge in [0, 0.05) is 37.7 Å². The highest BCUT2D eigenvalue weighted by atomic mass is 35.5. The summed E-state index contributed by atoms with van der Waals surface area (Å²) in [5, 5.41) is 4.52. The van der Waals surface area contributed by atoms with E-state index in [0.717, 1.165) is 29.2 Å². The summed E-state index contributed by atoms with van der Waals surface area (Å²) >= 11 is 7.15. The molecule has 3 aromatic rings. The molecule has 0 radical (unpaired) electrons. The third-order valence-electron chi connectivity index (χ3n) is 5.90. The first kappa shape index (κ1) is 25.6. The molecule has 186 valence electrons. The van der Waals surface area contributed by atoms with Crippen molar-refractivity contribution in [2.45, 2.75) is 25.8 Å². The third kappa shape index (κ3) is 6.58. The summed E-state index contributed by atoms with van der Waals surface area (Å²) in [6.07, 6.45) is -4.69. The Hall–Kier alpha value is -2.53. The van der Waals surface area contributed by atoms with Crippen molar-refractivity contribution in [2.75, 3.05) is 32.7 Å². The normalized spacial score (nSPS) is 15.9. The van der Waals surface area contributed by atoms with Crippen LogP contribution in [-0.2, 0) is 17.5 Å². The van der Waals surface area contributed by atoms with E-state index in [2.05, 4.69) is 14.5 Å². The molecule has 11 heteroatoms. The SMILES string of the molecule is Cc1nnsc1C(=O)N1CCN(C[C@@H](OCc2ccc(C(F)(F)F)cc2)c2ccc(Cl)cc2)CC1. The highest BCUT2D eigenvalue weighted by molar-refractivity contribution is 7.07. The van der Waals surface area contributed by atoms with Crippen LogP contribution in [0.15, 0.2) is 48.5 Å². The van der Waals surface area contributed by atoms with Crippen LogP contribution in [0.4, 0.5) is 13.2 Å². The number of benzene rings is 2. The fraction of sp³-hybridized carbons (Fsp3) is 0.375. The van der Waals surface area contributed by atoms with Gasteiger partial charge in [-0.05, 0) is 53.8 Å². The molecule has 0 unspecified atom stereocenters. The Kier molecular flexibility index (Phi) is 8.05. The first-order valence-corrected chi connectivity index (χ1v) is 12.2. The first-order valence-electron chi connectivity index (χ1n) is 11.0. The molecular weight excluding hydrogens is 501 g/mol. The molecule has 6 nitrogen and oxygen atoms in total. The molecule has 0 bridgehead atoms. The Balaban J connectivity index is 1.39. The molecule has 2 heterocycles. The monoisotopic (exact) mass is 524 g/mol. The van der Waals surface area contributed by atoms with Crippen LogP contribution in [0.1, 0.15) is 38.2 Å². The predicted molar refractivity (Wildman–Crippen MR) is 127 cm³/mol. The molecule has 0 spiro atoms. The topological polar surface area (TPSA) is 58.6 Å². The minimum atomic E-state index is -4.37. The molecule has 35 heavy (non-hydrogen) atoms. The number of ether oxygens (including phenoxy) is 1. The van der Waals surface area contributed by atoms with Crippen LogP contribution in [0.2, 0.25) is 5.02 Å².